The Kier molecular flexibility index (Phi) is 4.32. The van der Waals surface area contributed by atoms with Crippen molar-refractivity contribution >= 4 is 21.7 Å². The topological polar surface area (TPSA) is 26.3 Å². The molecule has 4 heteroatoms. The fourth-order valence-electron chi connectivity index (χ4n) is 1.74. The predicted molar refractivity (Wildman–Crippen MR) is 75.1 cm³/mol. The number of benzene rings is 2. The summed E-state index contributed by atoms with van der Waals surface area (Å²) in [4.78, 5) is 12.0. The van der Waals surface area contributed by atoms with Crippen LogP contribution in [-0.4, -0.2) is 12.9 Å². The Morgan fingerprint density at radius 3 is 2.47 bits per heavy atom. The molecule has 0 unspecified atom stereocenters. The lowest BCUT2D eigenvalue weighted by molar-refractivity contribution is 0.0993. The van der Waals surface area contributed by atoms with Crippen molar-refractivity contribution < 1.29 is 13.9 Å². The fourth-order valence-corrected chi connectivity index (χ4v) is 2.33. The monoisotopic (exact) mass is 322 g/mol. The molecule has 0 aliphatic carbocycles. The van der Waals surface area contributed by atoms with Crippen molar-refractivity contribution in [1.82, 2.24) is 0 Å². The van der Waals surface area contributed by atoms with Gasteiger partial charge in [-0.2, -0.15) is 0 Å². The third-order valence-corrected chi connectivity index (χ3v) is 3.37. The first kappa shape index (κ1) is 13.7. The van der Waals surface area contributed by atoms with Gasteiger partial charge in [0.15, 0.2) is 5.78 Å². The van der Waals surface area contributed by atoms with Crippen LogP contribution in [-0.2, 0) is 6.42 Å². The highest BCUT2D eigenvalue weighted by Gasteiger charge is 2.09. The zero-order valence-electron chi connectivity index (χ0n) is 10.3. The molecule has 0 amide bonds. The molecule has 2 nitrogen and oxygen atoms in total. The number of hydrogen-bond acceptors (Lipinski definition) is 2. The van der Waals surface area contributed by atoms with Gasteiger partial charge in [0.1, 0.15) is 11.6 Å². The zero-order chi connectivity index (χ0) is 13.8. The Morgan fingerprint density at radius 1 is 1.21 bits per heavy atom. The summed E-state index contributed by atoms with van der Waals surface area (Å²) in [6.07, 6.45) is 0.272. The molecular formula is C15H12BrFO2. The Labute approximate surface area is 119 Å². The van der Waals surface area contributed by atoms with Gasteiger partial charge in [-0.05, 0) is 57.9 Å². The maximum atomic E-state index is 12.8. The first-order chi connectivity index (χ1) is 9.10. The number of ether oxygens (including phenoxy) is 1. The molecule has 0 heterocycles. The van der Waals surface area contributed by atoms with Gasteiger partial charge in [0.2, 0.25) is 0 Å². The number of rotatable bonds is 4. The largest absolute Gasteiger partial charge is 0.496 e. The summed E-state index contributed by atoms with van der Waals surface area (Å²) in [5, 5.41) is 0. The second-order valence-electron chi connectivity index (χ2n) is 4.08. The molecule has 0 spiro atoms. The van der Waals surface area contributed by atoms with Gasteiger partial charge >= 0.3 is 0 Å². The molecule has 0 radical (unpaired) electrons. The molecule has 19 heavy (non-hydrogen) atoms. The highest BCUT2D eigenvalue weighted by molar-refractivity contribution is 9.10. The van der Waals surface area contributed by atoms with Gasteiger partial charge in [-0.1, -0.05) is 6.07 Å². The van der Waals surface area contributed by atoms with Crippen molar-refractivity contribution in [3.8, 4) is 5.75 Å². The van der Waals surface area contributed by atoms with Gasteiger partial charge in [-0.15, -0.1) is 0 Å². The molecule has 98 valence electrons. The van der Waals surface area contributed by atoms with Crippen LogP contribution in [0.25, 0.3) is 0 Å². The number of hydrogen-bond donors (Lipinski definition) is 0. The van der Waals surface area contributed by atoms with Crippen LogP contribution in [0.1, 0.15) is 15.9 Å². The number of carbonyl (C=O) groups is 1. The minimum atomic E-state index is -0.344. The van der Waals surface area contributed by atoms with E-state index in [0.717, 1.165) is 15.8 Å². The molecule has 0 N–H and O–H groups in total. The van der Waals surface area contributed by atoms with Gasteiger partial charge in [-0.25, -0.2) is 4.39 Å². The smallest absolute Gasteiger partial charge is 0.167 e. The van der Waals surface area contributed by atoms with E-state index in [9.17, 15) is 9.18 Å². The average molecular weight is 323 g/mol. The lowest BCUT2D eigenvalue weighted by Gasteiger charge is -2.06. The lowest BCUT2D eigenvalue weighted by Crippen LogP contribution is -2.03. The third-order valence-electron chi connectivity index (χ3n) is 2.75. The number of Topliss-reactive ketones (excluding diaryl/α,β-unsaturated/α-hetero) is 1. The highest BCUT2D eigenvalue weighted by Crippen LogP contribution is 2.26. The van der Waals surface area contributed by atoms with Gasteiger partial charge in [0, 0.05) is 12.0 Å². The average Bonchev–Trinajstić information content (AvgIpc) is 2.39. The number of ketones is 1. The molecule has 0 saturated carbocycles. The van der Waals surface area contributed by atoms with Crippen LogP contribution in [0.15, 0.2) is 46.9 Å². The van der Waals surface area contributed by atoms with Crippen molar-refractivity contribution in [2.45, 2.75) is 6.42 Å². The summed E-state index contributed by atoms with van der Waals surface area (Å²) >= 11 is 3.38. The molecule has 0 aromatic heterocycles. The van der Waals surface area contributed by atoms with Gasteiger partial charge in [0.25, 0.3) is 0 Å². The van der Waals surface area contributed by atoms with Gasteiger partial charge < -0.3 is 4.74 Å². The molecule has 0 atom stereocenters. The van der Waals surface area contributed by atoms with Crippen molar-refractivity contribution in [2.24, 2.45) is 0 Å². The second kappa shape index (κ2) is 5.97. The summed E-state index contributed by atoms with van der Waals surface area (Å²) in [6.45, 7) is 0. The molecule has 0 aliphatic heterocycles. The molecule has 0 bridgehead atoms. The second-order valence-corrected chi connectivity index (χ2v) is 4.93. The minimum absolute atomic E-state index is 0.0444. The van der Waals surface area contributed by atoms with E-state index in [4.69, 9.17) is 4.74 Å². The van der Waals surface area contributed by atoms with Crippen molar-refractivity contribution in [3.63, 3.8) is 0 Å². The van der Waals surface area contributed by atoms with Crippen LogP contribution in [0, 0.1) is 5.82 Å². The van der Waals surface area contributed by atoms with Crippen molar-refractivity contribution in [3.05, 3.63) is 63.9 Å². The van der Waals surface area contributed by atoms with E-state index in [1.165, 1.54) is 24.3 Å². The quantitative estimate of drug-likeness (QED) is 0.795. The molecule has 2 aromatic rings. The summed E-state index contributed by atoms with van der Waals surface area (Å²) in [5.74, 6) is 0.332. The zero-order valence-corrected chi connectivity index (χ0v) is 11.9. The van der Waals surface area contributed by atoms with E-state index in [1.54, 1.807) is 13.2 Å². The molecule has 0 saturated heterocycles. The van der Waals surface area contributed by atoms with Crippen LogP contribution < -0.4 is 4.74 Å². The van der Waals surface area contributed by atoms with Crippen LogP contribution in [0.4, 0.5) is 4.39 Å². The van der Waals surface area contributed by atoms with Crippen molar-refractivity contribution in [1.29, 1.82) is 0 Å². The Morgan fingerprint density at radius 2 is 1.89 bits per heavy atom. The number of carbonyl (C=O) groups excluding carboxylic acids is 1. The Hall–Kier alpha value is -1.68. The van der Waals surface area contributed by atoms with E-state index in [-0.39, 0.29) is 18.0 Å². The maximum absolute atomic E-state index is 12.8. The molecule has 0 fully saturated rings. The standard InChI is InChI=1S/C15H12BrFO2/c1-19-15-7-2-10(8-13(15)16)9-14(18)11-3-5-12(17)6-4-11/h2-8H,9H2,1H3. The summed E-state index contributed by atoms with van der Waals surface area (Å²) in [6, 6.07) is 11.1. The summed E-state index contributed by atoms with van der Waals surface area (Å²) in [7, 11) is 1.59. The molecule has 2 aromatic carbocycles. The van der Waals surface area contributed by atoms with Gasteiger partial charge in [0.05, 0.1) is 11.6 Å². The van der Waals surface area contributed by atoms with E-state index >= 15 is 0 Å². The van der Waals surface area contributed by atoms with E-state index in [2.05, 4.69) is 15.9 Å². The fraction of sp³-hybridized carbons (Fsp3) is 0.133. The first-order valence-electron chi connectivity index (χ1n) is 5.71. The third kappa shape index (κ3) is 3.41. The Balaban J connectivity index is 2.14. The molecular weight excluding hydrogens is 311 g/mol. The molecule has 2 rings (SSSR count). The first-order valence-corrected chi connectivity index (χ1v) is 6.50. The predicted octanol–water partition coefficient (Wildman–Crippen LogP) is 4.02. The normalized spacial score (nSPS) is 10.3. The lowest BCUT2D eigenvalue weighted by atomic mass is 10.0. The van der Waals surface area contributed by atoms with Crippen LogP contribution in [0.2, 0.25) is 0 Å². The SMILES string of the molecule is COc1ccc(CC(=O)c2ccc(F)cc2)cc1Br. The maximum Gasteiger partial charge on any atom is 0.167 e. The highest BCUT2D eigenvalue weighted by atomic mass is 79.9. The van der Waals surface area contributed by atoms with Crippen LogP contribution in [0.3, 0.4) is 0 Å². The molecule has 0 aliphatic rings. The number of methoxy groups -OCH3 is 1. The number of halogens is 2. The van der Waals surface area contributed by atoms with Crippen LogP contribution in [0.5, 0.6) is 5.75 Å². The minimum Gasteiger partial charge on any atom is -0.496 e. The van der Waals surface area contributed by atoms with E-state index in [1.807, 2.05) is 12.1 Å². The Bertz CT molecular complexity index is 594. The van der Waals surface area contributed by atoms with Gasteiger partial charge in [-0.3, -0.25) is 4.79 Å². The van der Waals surface area contributed by atoms with E-state index < -0.39 is 0 Å². The van der Waals surface area contributed by atoms with Crippen molar-refractivity contribution in [2.75, 3.05) is 7.11 Å². The summed E-state index contributed by atoms with van der Waals surface area (Å²) in [5.41, 5.74) is 1.38. The van der Waals surface area contributed by atoms with E-state index in [0.29, 0.717) is 5.56 Å². The summed E-state index contributed by atoms with van der Waals surface area (Å²) < 4.78 is 18.7. The van der Waals surface area contributed by atoms with Crippen LogP contribution >= 0.6 is 15.9 Å².